The maximum atomic E-state index is 12.1. The van der Waals surface area contributed by atoms with Gasteiger partial charge in [0.1, 0.15) is 0 Å². The van der Waals surface area contributed by atoms with E-state index < -0.39 is 0 Å². The summed E-state index contributed by atoms with van der Waals surface area (Å²) < 4.78 is 1.99. The Labute approximate surface area is 137 Å². The third-order valence-corrected chi connectivity index (χ3v) is 4.84. The van der Waals surface area contributed by atoms with Gasteiger partial charge in [-0.15, -0.1) is 0 Å². The number of aryl methyl sites for hydroxylation is 1. The van der Waals surface area contributed by atoms with Crippen LogP contribution in [0.25, 0.3) is 5.69 Å². The van der Waals surface area contributed by atoms with Crippen molar-refractivity contribution in [3.8, 4) is 5.69 Å². The van der Waals surface area contributed by atoms with Gasteiger partial charge in [0.05, 0.1) is 11.4 Å². The number of amides is 1. The molecule has 1 aliphatic rings. The molecule has 1 aromatic carbocycles. The highest BCUT2D eigenvalue weighted by molar-refractivity contribution is 5.78. The van der Waals surface area contributed by atoms with Crippen molar-refractivity contribution in [3.05, 3.63) is 47.3 Å². The van der Waals surface area contributed by atoms with Crippen molar-refractivity contribution in [3.63, 3.8) is 0 Å². The molecule has 0 bridgehead atoms. The molecular formula is C19H25N3O. The Balaban J connectivity index is 1.64. The number of carbonyl (C=O) groups excluding carboxylic acids is 1. The fourth-order valence-electron chi connectivity index (χ4n) is 3.50. The molecule has 4 heteroatoms. The zero-order valence-electron chi connectivity index (χ0n) is 14.0. The fraction of sp³-hybridized carbons (Fsp3) is 0.474. The van der Waals surface area contributed by atoms with E-state index in [0.29, 0.717) is 6.54 Å². The first kappa shape index (κ1) is 15.8. The van der Waals surface area contributed by atoms with Crippen molar-refractivity contribution in [2.45, 2.75) is 46.0 Å². The van der Waals surface area contributed by atoms with Crippen molar-refractivity contribution < 1.29 is 4.79 Å². The smallest absolute Gasteiger partial charge is 0.223 e. The average molecular weight is 311 g/mol. The number of nitrogens with zero attached hydrogens (tertiary/aromatic N) is 2. The first-order valence-electron chi connectivity index (χ1n) is 8.55. The second-order valence-electron chi connectivity index (χ2n) is 6.42. The second kappa shape index (κ2) is 6.99. The van der Waals surface area contributed by atoms with Crippen LogP contribution in [0.3, 0.4) is 0 Å². The maximum absolute atomic E-state index is 12.1. The van der Waals surface area contributed by atoms with Crippen LogP contribution in [0.4, 0.5) is 0 Å². The lowest BCUT2D eigenvalue weighted by atomic mass is 10.1. The van der Waals surface area contributed by atoms with Gasteiger partial charge < -0.3 is 5.32 Å². The Morgan fingerprint density at radius 2 is 1.91 bits per heavy atom. The van der Waals surface area contributed by atoms with Crippen LogP contribution in [-0.2, 0) is 11.2 Å². The first-order chi connectivity index (χ1) is 11.2. The predicted molar refractivity (Wildman–Crippen MR) is 91.7 cm³/mol. The van der Waals surface area contributed by atoms with E-state index >= 15 is 0 Å². The highest BCUT2D eigenvalue weighted by Crippen LogP contribution is 2.24. The molecule has 1 saturated carbocycles. The number of carbonyl (C=O) groups is 1. The summed E-state index contributed by atoms with van der Waals surface area (Å²) >= 11 is 0. The van der Waals surface area contributed by atoms with E-state index in [1.807, 2.05) is 29.8 Å². The summed E-state index contributed by atoms with van der Waals surface area (Å²) in [5, 5.41) is 7.76. The summed E-state index contributed by atoms with van der Waals surface area (Å²) in [5.41, 5.74) is 4.51. The Morgan fingerprint density at radius 3 is 2.61 bits per heavy atom. The summed E-state index contributed by atoms with van der Waals surface area (Å²) in [5.74, 6) is 0.470. The summed E-state index contributed by atoms with van der Waals surface area (Å²) in [4.78, 5) is 12.1. The van der Waals surface area contributed by atoms with Crippen LogP contribution >= 0.6 is 0 Å². The molecule has 0 unspecified atom stereocenters. The zero-order valence-corrected chi connectivity index (χ0v) is 14.0. The largest absolute Gasteiger partial charge is 0.356 e. The second-order valence-corrected chi connectivity index (χ2v) is 6.42. The van der Waals surface area contributed by atoms with Gasteiger partial charge in [0.15, 0.2) is 0 Å². The number of rotatable bonds is 5. The van der Waals surface area contributed by atoms with E-state index in [2.05, 4.69) is 29.5 Å². The molecule has 2 aromatic rings. The lowest BCUT2D eigenvalue weighted by Crippen LogP contribution is -2.31. The summed E-state index contributed by atoms with van der Waals surface area (Å²) in [6, 6.07) is 10.2. The molecule has 0 atom stereocenters. The lowest BCUT2D eigenvalue weighted by Gasteiger charge is -2.10. The predicted octanol–water partition coefficient (Wildman–Crippen LogP) is 3.34. The normalized spacial score (nSPS) is 15.0. The molecule has 1 aromatic heterocycles. The number of aromatic nitrogens is 2. The lowest BCUT2D eigenvalue weighted by molar-refractivity contribution is -0.124. The minimum absolute atomic E-state index is 0.230. The quantitative estimate of drug-likeness (QED) is 0.920. The Bertz CT molecular complexity index is 669. The molecule has 23 heavy (non-hydrogen) atoms. The van der Waals surface area contributed by atoms with Gasteiger partial charge in [-0.25, -0.2) is 4.68 Å². The molecule has 1 aliphatic carbocycles. The molecule has 0 spiro atoms. The SMILES string of the molecule is Cc1nn(-c2ccccc2)c(C)c1CCNC(=O)C1CCCC1. The van der Waals surface area contributed by atoms with Crippen molar-refractivity contribution in [1.82, 2.24) is 15.1 Å². The van der Waals surface area contributed by atoms with Crippen LogP contribution < -0.4 is 5.32 Å². The van der Waals surface area contributed by atoms with Crippen LogP contribution in [0.2, 0.25) is 0 Å². The van der Waals surface area contributed by atoms with E-state index in [1.165, 1.54) is 18.4 Å². The average Bonchev–Trinajstić information content (AvgIpc) is 3.19. The Hall–Kier alpha value is -2.10. The van der Waals surface area contributed by atoms with Crippen LogP contribution in [-0.4, -0.2) is 22.2 Å². The Morgan fingerprint density at radius 1 is 1.22 bits per heavy atom. The monoisotopic (exact) mass is 311 g/mol. The van der Waals surface area contributed by atoms with Gasteiger partial charge in [-0.2, -0.15) is 5.10 Å². The number of benzene rings is 1. The van der Waals surface area contributed by atoms with Gasteiger partial charge in [0.25, 0.3) is 0 Å². The zero-order chi connectivity index (χ0) is 16.2. The van der Waals surface area contributed by atoms with Gasteiger partial charge in [-0.05, 0) is 50.8 Å². The highest BCUT2D eigenvalue weighted by atomic mass is 16.1. The van der Waals surface area contributed by atoms with Gasteiger partial charge >= 0.3 is 0 Å². The molecule has 0 saturated heterocycles. The van der Waals surface area contributed by atoms with Crippen LogP contribution in [0, 0.1) is 19.8 Å². The topological polar surface area (TPSA) is 46.9 Å². The number of para-hydroxylation sites is 1. The van der Waals surface area contributed by atoms with E-state index in [9.17, 15) is 4.79 Å². The molecular weight excluding hydrogens is 286 g/mol. The molecule has 0 radical (unpaired) electrons. The maximum Gasteiger partial charge on any atom is 0.223 e. The molecule has 0 aliphatic heterocycles. The van der Waals surface area contributed by atoms with Gasteiger partial charge in [0, 0.05) is 18.2 Å². The van der Waals surface area contributed by atoms with Crippen LogP contribution in [0.5, 0.6) is 0 Å². The van der Waals surface area contributed by atoms with Crippen molar-refractivity contribution in [2.24, 2.45) is 5.92 Å². The van der Waals surface area contributed by atoms with Crippen LogP contribution in [0.1, 0.15) is 42.6 Å². The highest BCUT2D eigenvalue weighted by Gasteiger charge is 2.22. The molecule has 3 rings (SSSR count). The van der Waals surface area contributed by atoms with E-state index in [0.717, 1.165) is 36.3 Å². The number of hydrogen-bond acceptors (Lipinski definition) is 2. The van der Waals surface area contributed by atoms with E-state index in [1.54, 1.807) is 0 Å². The van der Waals surface area contributed by atoms with Gasteiger partial charge in [-0.3, -0.25) is 4.79 Å². The third-order valence-electron chi connectivity index (χ3n) is 4.84. The minimum Gasteiger partial charge on any atom is -0.356 e. The van der Waals surface area contributed by atoms with E-state index in [4.69, 9.17) is 0 Å². The Kier molecular flexibility index (Phi) is 4.79. The van der Waals surface area contributed by atoms with Crippen molar-refractivity contribution in [2.75, 3.05) is 6.54 Å². The fourth-order valence-corrected chi connectivity index (χ4v) is 3.50. The summed E-state index contributed by atoms with van der Waals surface area (Å²) in [6.45, 7) is 4.83. The number of hydrogen-bond donors (Lipinski definition) is 1. The van der Waals surface area contributed by atoms with Gasteiger partial charge in [-0.1, -0.05) is 31.0 Å². The summed E-state index contributed by atoms with van der Waals surface area (Å²) in [6.07, 6.45) is 5.33. The molecule has 1 amide bonds. The summed E-state index contributed by atoms with van der Waals surface area (Å²) in [7, 11) is 0. The molecule has 122 valence electrons. The van der Waals surface area contributed by atoms with Gasteiger partial charge in [0.2, 0.25) is 5.91 Å². The molecule has 1 fully saturated rings. The third kappa shape index (κ3) is 3.46. The number of nitrogens with one attached hydrogen (secondary N) is 1. The molecule has 4 nitrogen and oxygen atoms in total. The molecule has 1 heterocycles. The van der Waals surface area contributed by atoms with Crippen molar-refractivity contribution in [1.29, 1.82) is 0 Å². The van der Waals surface area contributed by atoms with Crippen LogP contribution in [0.15, 0.2) is 30.3 Å². The first-order valence-corrected chi connectivity index (χ1v) is 8.55. The van der Waals surface area contributed by atoms with E-state index in [-0.39, 0.29) is 11.8 Å². The van der Waals surface area contributed by atoms with Crippen molar-refractivity contribution >= 4 is 5.91 Å². The minimum atomic E-state index is 0.230. The molecule has 1 N–H and O–H groups in total. The standard InChI is InChI=1S/C19H25N3O/c1-14-18(12-13-20-19(23)16-8-6-7-9-16)15(2)22(21-14)17-10-4-3-5-11-17/h3-5,10-11,16H,6-9,12-13H2,1-2H3,(H,20,23).